The molecule has 17 heavy (non-hydrogen) atoms. The molecule has 0 spiro atoms. The average molecular weight is 244 g/mol. The van der Waals surface area contributed by atoms with E-state index in [1.54, 1.807) is 11.3 Å². The summed E-state index contributed by atoms with van der Waals surface area (Å²) in [4.78, 5) is 2.11. The molecule has 88 valence electrons. The Morgan fingerprint density at radius 1 is 1.29 bits per heavy atom. The van der Waals surface area contributed by atoms with E-state index in [2.05, 4.69) is 55.1 Å². The van der Waals surface area contributed by atoms with Crippen LogP contribution in [0.3, 0.4) is 0 Å². The molecule has 2 nitrogen and oxygen atoms in total. The Labute approximate surface area is 106 Å². The van der Waals surface area contributed by atoms with Gasteiger partial charge in [-0.3, -0.25) is 0 Å². The minimum Gasteiger partial charge on any atom is -0.352 e. The van der Waals surface area contributed by atoms with Gasteiger partial charge in [0.2, 0.25) is 0 Å². The van der Waals surface area contributed by atoms with E-state index in [-0.39, 0.29) is 0 Å². The lowest BCUT2D eigenvalue weighted by Gasteiger charge is -2.17. The van der Waals surface area contributed by atoms with Gasteiger partial charge in [0, 0.05) is 23.3 Å². The summed E-state index contributed by atoms with van der Waals surface area (Å²) in [6, 6.07) is 10.8. The summed E-state index contributed by atoms with van der Waals surface area (Å²) in [5, 5.41) is 8.82. The van der Waals surface area contributed by atoms with Crippen molar-refractivity contribution in [2.75, 3.05) is 0 Å². The van der Waals surface area contributed by atoms with E-state index in [0.717, 1.165) is 11.3 Å². The minimum absolute atomic E-state index is 0.493. The highest BCUT2D eigenvalue weighted by Gasteiger charge is 2.13. The highest BCUT2D eigenvalue weighted by molar-refractivity contribution is 7.12. The summed E-state index contributed by atoms with van der Waals surface area (Å²) in [5.41, 5.74) is 0. The van der Waals surface area contributed by atoms with Crippen molar-refractivity contribution in [1.29, 1.82) is 5.26 Å². The zero-order valence-corrected chi connectivity index (χ0v) is 10.9. The summed E-state index contributed by atoms with van der Waals surface area (Å²) in [5.74, 6) is 0.500. The average Bonchev–Trinajstić information content (AvgIpc) is 3.00. The first kappa shape index (κ1) is 11.9. The smallest absolute Gasteiger partial charge is 0.110 e. The molecule has 0 aliphatic heterocycles. The highest BCUT2D eigenvalue weighted by Crippen LogP contribution is 2.30. The van der Waals surface area contributed by atoms with Gasteiger partial charge in [0.25, 0.3) is 0 Å². The van der Waals surface area contributed by atoms with Crippen LogP contribution in [0.4, 0.5) is 0 Å². The molecule has 0 N–H and O–H groups in total. The molecule has 0 fully saturated rings. The van der Waals surface area contributed by atoms with Gasteiger partial charge in [0.1, 0.15) is 10.9 Å². The molecule has 2 rings (SSSR count). The van der Waals surface area contributed by atoms with Crippen molar-refractivity contribution in [3.63, 3.8) is 0 Å². The van der Waals surface area contributed by atoms with Gasteiger partial charge in [-0.1, -0.05) is 6.92 Å². The van der Waals surface area contributed by atoms with Crippen LogP contribution < -0.4 is 0 Å². The molecule has 0 aromatic carbocycles. The number of aromatic nitrogens is 1. The SMILES string of the molecule is CC(CC(C)n1cccc1)c1ccc(C#N)s1. The Kier molecular flexibility index (Phi) is 3.65. The van der Waals surface area contributed by atoms with E-state index in [1.165, 1.54) is 4.88 Å². The van der Waals surface area contributed by atoms with Crippen LogP contribution in [-0.2, 0) is 0 Å². The van der Waals surface area contributed by atoms with E-state index < -0.39 is 0 Å². The second kappa shape index (κ2) is 5.20. The van der Waals surface area contributed by atoms with E-state index in [9.17, 15) is 0 Å². The van der Waals surface area contributed by atoms with Crippen LogP contribution in [-0.4, -0.2) is 4.57 Å². The van der Waals surface area contributed by atoms with Crippen molar-refractivity contribution < 1.29 is 0 Å². The molecule has 0 bridgehead atoms. The van der Waals surface area contributed by atoms with Crippen LogP contribution in [0.25, 0.3) is 0 Å². The van der Waals surface area contributed by atoms with Gasteiger partial charge < -0.3 is 4.57 Å². The van der Waals surface area contributed by atoms with E-state index >= 15 is 0 Å². The molecule has 0 saturated heterocycles. The van der Waals surface area contributed by atoms with Crippen LogP contribution in [0, 0.1) is 11.3 Å². The van der Waals surface area contributed by atoms with Gasteiger partial charge in [-0.25, -0.2) is 0 Å². The fourth-order valence-electron chi connectivity index (χ4n) is 2.07. The second-order valence-corrected chi connectivity index (χ2v) is 5.55. The number of hydrogen-bond donors (Lipinski definition) is 0. The molecular formula is C14H16N2S. The van der Waals surface area contributed by atoms with Gasteiger partial charge in [0.15, 0.2) is 0 Å². The Hall–Kier alpha value is -1.53. The maximum absolute atomic E-state index is 8.82. The van der Waals surface area contributed by atoms with Gasteiger partial charge in [-0.2, -0.15) is 5.26 Å². The van der Waals surface area contributed by atoms with E-state index in [4.69, 9.17) is 5.26 Å². The standard InChI is InChI=1S/C14H16N2S/c1-11(14-6-5-13(10-15)17-14)9-12(2)16-7-3-4-8-16/h3-8,11-12H,9H2,1-2H3. The third-order valence-electron chi connectivity index (χ3n) is 3.05. The number of nitrogens with zero attached hydrogens (tertiary/aromatic N) is 2. The van der Waals surface area contributed by atoms with Crippen molar-refractivity contribution >= 4 is 11.3 Å². The van der Waals surface area contributed by atoms with Gasteiger partial charge in [0.05, 0.1) is 0 Å². The van der Waals surface area contributed by atoms with E-state index in [0.29, 0.717) is 12.0 Å². The molecule has 0 saturated carbocycles. The normalized spacial score (nSPS) is 14.2. The van der Waals surface area contributed by atoms with Crippen LogP contribution in [0.2, 0.25) is 0 Å². The monoisotopic (exact) mass is 244 g/mol. The molecular weight excluding hydrogens is 228 g/mol. The molecule has 0 aliphatic carbocycles. The summed E-state index contributed by atoms with van der Waals surface area (Å²) in [7, 11) is 0. The Morgan fingerprint density at radius 2 is 2.00 bits per heavy atom. The molecule has 2 atom stereocenters. The fraction of sp³-hybridized carbons (Fsp3) is 0.357. The zero-order chi connectivity index (χ0) is 12.3. The van der Waals surface area contributed by atoms with Crippen molar-refractivity contribution in [1.82, 2.24) is 4.57 Å². The van der Waals surface area contributed by atoms with Gasteiger partial charge in [-0.15, -0.1) is 11.3 Å². The summed E-state index contributed by atoms with van der Waals surface area (Å²) in [6.07, 6.45) is 5.30. The maximum Gasteiger partial charge on any atom is 0.110 e. The lowest BCUT2D eigenvalue weighted by Crippen LogP contribution is -2.05. The molecule has 0 radical (unpaired) electrons. The Morgan fingerprint density at radius 3 is 2.59 bits per heavy atom. The molecule has 0 amide bonds. The van der Waals surface area contributed by atoms with Crippen molar-refractivity contribution in [2.45, 2.75) is 32.2 Å². The predicted octanol–water partition coefficient (Wildman–Crippen LogP) is 4.18. The third kappa shape index (κ3) is 2.78. The first-order valence-corrected chi connectivity index (χ1v) is 6.64. The van der Waals surface area contributed by atoms with Crippen LogP contribution in [0.1, 0.15) is 42.0 Å². The molecule has 2 heterocycles. The summed E-state index contributed by atoms with van der Waals surface area (Å²) in [6.45, 7) is 4.46. The molecule has 2 aromatic rings. The Balaban J connectivity index is 2.02. The number of nitriles is 1. The predicted molar refractivity (Wildman–Crippen MR) is 71.2 cm³/mol. The first-order chi connectivity index (χ1) is 8.20. The molecule has 3 heteroatoms. The highest BCUT2D eigenvalue weighted by atomic mass is 32.1. The first-order valence-electron chi connectivity index (χ1n) is 5.83. The number of rotatable bonds is 4. The zero-order valence-electron chi connectivity index (χ0n) is 10.1. The summed E-state index contributed by atoms with van der Waals surface area (Å²) >= 11 is 1.61. The minimum atomic E-state index is 0.493. The van der Waals surface area contributed by atoms with Crippen molar-refractivity contribution in [3.8, 4) is 6.07 Å². The lowest BCUT2D eigenvalue weighted by molar-refractivity contribution is 0.471. The quantitative estimate of drug-likeness (QED) is 0.793. The lowest BCUT2D eigenvalue weighted by atomic mass is 10.0. The third-order valence-corrected chi connectivity index (χ3v) is 4.28. The van der Waals surface area contributed by atoms with Crippen LogP contribution in [0.15, 0.2) is 36.7 Å². The van der Waals surface area contributed by atoms with Crippen LogP contribution >= 0.6 is 11.3 Å². The second-order valence-electron chi connectivity index (χ2n) is 4.43. The summed E-state index contributed by atoms with van der Waals surface area (Å²) < 4.78 is 2.23. The number of hydrogen-bond acceptors (Lipinski definition) is 2. The topological polar surface area (TPSA) is 28.7 Å². The van der Waals surface area contributed by atoms with Gasteiger partial charge in [-0.05, 0) is 43.5 Å². The van der Waals surface area contributed by atoms with Crippen molar-refractivity contribution in [3.05, 3.63) is 46.4 Å². The molecule has 0 aliphatic rings. The Bertz CT molecular complexity index is 505. The maximum atomic E-state index is 8.82. The largest absolute Gasteiger partial charge is 0.352 e. The molecule has 2 unspecified atom stereocenters. The van der Waals surface area contributed by atoms with Gasteiger partial charge >= 0.3 is 0 Å². The number of thiophene rings is 1. The van der Waals surface area contributed by atoms with E-state index in [1.807, 2.05) is 6.07 Å². The fourth-order valence-corrected chi connectivity index (χ4v) is 2.94. The molecule has 2 aromatic heterocycles. The van der Waals surface area contributed by atoms with Crippen molar-refractivity contribution in [2.24, 2.45) is 0 Å². The van der Waals surface area contributed by atoms with Crippen LogP contribution in [0.5, 0.6) is 0 Å².